The Bertz CT molecular complexity index is 683. The summed E-state index contributed by atoms with van der Waals surface area (Å²) in [6.07, 6.45) is 1.26. The van der Waals surface area contributed by atoms with E-state index in [4.69, 9.17) is 16.3 Å². The van der Waals surface area contributed by atoms with Gasteiger partial charge in [0.25, 0.3) is 11.8 Å². The fourth-order valence-electron chi connectivity index (χ4n) is 1.75. The Labute approximate surface area is 124 Å². The highest BCUT2D eigenvalue weighted by Crippen LogP contribution is 2.35. The number of urea groups is 1. The van der Waals surface area contributed by atoms with Gasteiger partial charge < -0.3 is 9.84 Å². The molecular formula is C13H11ClN2O5. The number of rotatable bonds is 2. The summed E-state index contributed by atoms with van der Waals surface area (Å²) >= 11 is 5.83. The number of benzene rings is 1. The van der Waals surface area contributed by atoms with E-state index in [9.17, 15) is 19.5 Å². The second-order valence-electron chi connectivity index (χ2n) is 4.24. The molecule has 1 fully saturated rings. The summed E-state index contributed by atoms with van der Waals surface area (Å²) in [5.41, 5.74) is 0.150. The molecule has 4 amide bonds. The summed E-state index contributed by atoms with van der Waals surface area (Å²) in [5.74, 6) is -1.67. The monoisotopic (exact) mass is 310 g/mol. The van der Waals surface area contributed by atoms with E-state index in [1.54, 1.807) is 0 Å². The summed E-state index contributed by atoms with van der Waals surface area (Å²) in [6, 6.07) is 1.98. The SMILES string of the molecule is COc1cc(/C=C2\C(=O)NC(=O)N(C)C2=O)cc(Cl)c1O. The van der Waals surface area contributed by atoms with Crippen LogP contribution in [0.25, 0.3) is 6.08 Å². The van der Waals surface area contributed by atoms with Crippen molar-refractivity contribution in [3.63, 3.8) is 0 Å². The molecule has 1 aliphatic rings. The zero-order valence-corrected chi connectivity index (χ0v) is 11.9. The van der Waals surface area contributed by atoms with E-state index in [0.717, 1.165) is 4.90 Å². The number of phenolic OH excluding ortho intramolecular Hbond substituents is 1. The van der Waals surface area contributed by atoms with Crippen LogP contribution in [-0.2, 0) is 9.59 Å². The minimum atomic E-state index is -0.800. The maximum Gasteiger partial charge on any atom is 0.331 e. The third-order valence-electron chi connectivity index (χ3n) is 2.89. The highest BCUT2D eigenvalue weighted by molar-refractivity contribution is 6.33. The van der Waals surface area contributed by atoms with Gasteiger partial charge in [-0.15, -0.1) is 0 Å². The Kier molecular flexibility index (Phi) is 3.86. The van der Waals surface area contributed by atoms with Gasteiger partial charge in [-0.05, 0) is 23.8 Å². The largest absolute Gasteiger partial charge is 0.503 e. The summed E-state index contributed by atoms with van der Waals surface area (Å²) < 4.78 is 4.93. The average molecular weight is 311 g/mol. The number of phenols is 1. The number of imide groups is 2. The minimum absolute atomic E-state index is 0.00861. The highest BCUT2D eigenvalue weighted by Gasteiger charge is 2.33. The van der Waals surface area contributed by atoms with Crippen LogP contribution in [0, 0.1) is 0 Å². The zero-order valence-electron chi connectivity index (χ0n) is 11.1. The molecule has 1 aliphatic heterocycles. The molecule has 7 nitrogen and oxygen atoms in total. The molecule has 1 aromatic carbocycles. The van der Waals surface area contributed by atoms with Gasteiger partial charge in [0, 0.05) is 7.05 Å². The second-order valence-corrected chi connectivity index (χ2v) is 4.64. The van der Waals surface area contributed by atoms with Crippen molar-refractivity contribution >= 4 is 35.5 Å². The molecule has 0 unspecified atom stereocenters. The molecule has 2 rings (SSSR count). The first-order valence-corrected chi connectivity index (χ1v) is 6.14. The molecule has 8 heteroatoms. The van der Waals surface area contributed by atoms with E-state index in [1.807, 2.05) is 5.32 Å². The summed E-state index contributed by atoms with van der Waals surface area (Å²) in [7, 11) is 2.59. The van der Waals surface area contributed by atoms with Crippen LogP contribution in [0.2, 0.25) is 5.02 Å². The third kappa shape index (κ3) is 2.68. The van der Waals surface area contributed by atoms with E-state index < -0.39 is 17.8 Å². The maximum absolute atomic E-state index is 11.9. The van der Waals surface area contributed by atoms with Crippen molar-refractivity contribution in [2.24, 2.45) is 0 Å². The molecule has 1 heterocycles. The van der Waals surface area contributed by atoms with Gasteiger partial charge >= 0.3 is 6.03 Å². The van der Waals surface area contributed by atoms with Gasteiger partial charge in [-0.1, -0.05) is 11.6 Å². The van der Waals surface area contributed by atoms with Gasteiger partial charge in [0.2, 0.25) is 0 Å². The number of hydrogen-bond acceptors (Lipinski definition) is 5. The highest BCUT2D eigenvalue weighted by atomic mass is 35.5. The Hall–Kier alpha value is -2.54. The quantitative estimate of drug-likeness (QED) is 0.631. The zero-order chi connectivity index (χ0) is 15.7. The predicted molar refractivity (Wildman–Crippen MR) is 74.0 cm³/mol. The molecule has 0 radical (unpaired) electrons. The molecular weight excluding hydrogens is 300 g/mol. The smallest absolute Gasteiger partial charge is 0.331 e. The first-order chi connectivity index (χ1) is 9.85. The summed E-state index contributed by atoms with van der Waals surface area (Å²) in [4.78, 5) is 35.7. The lowest BCUT2D eigenvalue weighted by atomic mass is 10.1. The van der Waals surface area contributed by atoms with Crippen LogP contribution in [0.5, 0.6) is 11.5 Å². The van der Waals surface area contributed by atoms with E-state index in [2.05, 4.69) is 0 Å². The molecule has 0 aliphatic carbocycles. The first-order valence-electron chi connectivity index (χ1n) is 5.76. The van der Waals surface area contributed by atoms with Gasteiger partial charge in [0.1, 0.15) is 5.57 Å². The van der Waals surface area contributed by atoms with Crippen molar-refractivity contribution in [1.29, 1.82) is 0 Å². The van der Waals surface area contributed by atoms with Gasteiger partial charge in [0.15, 0.2) is 11.5 Å². The van der Waals surface area contributed by atoms with Gasteiger partial charge in [-0.25, -0.2) is 4.79 Å². The van der Waals surface area contributed by atoms with Crippen molar-refractivity contribution in [3.05, 3.63) is 28.3 Å². The lowest BCUT2D eigenvalue weighted by Crippen LogP contribution is -2.52. The molecule has 1 aromatic rings. The number of likely N-dealkylation sites (N-methyl/N-ethyl adjacent to an activating group) is 1. The van der Waals surface area contributed by atoms with Gasteiger partial charge in [0.05, 0.1) is 12.1 Å². The topological polar surface area (TPSA) is 95.9 Å². The maximum atomic E-state index is 11.9. The van der Waals surface area contributed by atoms with Crippen LogP contribution in [0.15, 0.2) is 17.7 Å². The molecule has 0 aromatic heterocycles. The summed E-state index contributed by atoms with van der Waals surface area (Å²) in [6.45, 7) is 0. The number of amides is 4. The van der Waals surface area contributed by atoms with Crippen LogP contribution >= 0.6 is 11.6 Å². The summed E-state index contributed by atoms with van der Waals surface area (Å²) in [5, 5.41) is 11.7. The van der Waals surface area contributed by atoms with Crippen LogP contribution in [0.3, 0.4) is 0 Å². The molecule has 110 valence electrons. The number of hydrogen-bond donors (Lipinski definition) is 2. The Morgan fingerprint density at radius 1 is 1.33 bits per heavy atom. The molecule has 0 spiro atoms. The predicted octanol–water partition coefficient (Wildman–Crippen LogP) is 1.15. The van der Waals surface area contributed by atoms with Crippen molar-refractivity contribution in [2.45, 2.75) is 0 Å². The Balaban J connectivity index is 2.48. The number of aromatic hydroxyl groups is 1. The van der Waals surface area contributed by atoms with Crippen LogP contribution in [0.4, 0.5) is 4.79 Å². The van der Waals surface area contributed by atoms with Crippen LogP contribution < -0.4 is 10.1 Å². The van der Waals surface area contributed by atoms with E-state index >= 15 is 0 Å². The fraction of sp³-hybridized carbons (Fsp3) is 0.154. The number of ether oxygens (including phenoxy) is 1. The van der Waals surface area contributed by atoms with Crippen molar-refractivity contribution in [3.8, 4) is 11.5 Å². The first kappa shape index (κ1) is 14.9. The number of nitrogens with zero attached hydrogens (tertiary/aromatic N) is 1. The molecule has 1 saturated heterocycles. The fourth-order valence-corrected chi connectivity index (χ4v) is 1.96. The number of halogens is 1. The normalized spacial score (nSPS) is 17.2. The van der Waals surface area contributed by atoms with E-state index in [-0.39, 0.29) is 22.1 Å². The van der Waals surface area contributed by atoms with Crippen molar-refractivity contribution in [2.75, 3.05) is 14.2 Å². The molecule has 0 atom stereocenters. The molecule has 2 N–H and O–H groups in total. The van der Waals surface area contributed by atoms with E-state index in [1.165, 1.54) is 32.4 Å². The van der Waals surface area contributed by atoms with Gasteiger partial charge in [-0.2, -0.15) is 0 Å². The standard InChI is InChI=1S/C13H11ClN2O5/c1-16-12(19)7(11(18)15-13(16)20)3-6-4-8(14)10(17)9(5-6)21-2/h3-5,17H,1-2H3,(H,15,18,20)/b7-3+. The third-order valence-corrected chi connectivity index (χ3v) is 3.17. The lowest BCUT2D eigenvalue weighted by Gasteiger charge is -2.22. The van der Waals surface area contributed by atoms with Gasteiger partial charge in [-0.3, -0.25) is 19.8 Å². The van der Waals surface area contributed by atoms with E-state index in [0.29, 0.717) is 5.56 Å². The number of carbonyl (C=O) groups is 3. The molecule has 0 saturated carbocycles. The van der Waals surface area contributed by atoms with Crippen molar-refractivity contribution in [1.82, 2.24) is 10.2 Å². The number of carbonyl (C=O) groups excluding carboxylic acids is 3. The van der Waals surface area contributed by atoms with Crippen molar-refractivity contribution < 1.29 is 24.2 Å². The second kappa shape index (κ2) is 5.45. The number of methoxy groups -OCH3 is 1. The minimum Gasteiger partial charge on any atom is -0.503 e. The number of nitrogens with one attached hydrogen (secondary N) is 1. The average Bonchev–Trinajstić information content (AvgIpc) is 2.44. The Morgan fingerprint density at radius 3 is 2.62 bits per heavy atom. The number of barbiturate groups is 1. The van der Waals surface area contributed by atoms with Crippen LogP contribution in [0.1, 0.15) is 5.56 Å². The Morgan fingerprint density at radius 2 is 2.00 bits per heavy atom. The molecule has 0 bridgehead atoms. The van der Waals surface area contributed by atoms with Crippen LogP contribution in [-0.4, -0.2) is 42.0 Å². The lowest BCUT2D eigenvalue weighted by molar-refractivity contribution is -0.129. The molecule has 21 heavy (non-hydrogen) atoms.